The molecular weight excluding hydrogens is 244 g/mol. The molecule has 0 amide bonds. The van der Waals surface area contributed by atoms with Gasteiger partial charge in [-0.3, -0.25) is 0 Å². The lowest BCUT2D eigenvalue weighted by atomic mass is 10.1. The van der Waals surface area contributed by atoms with Crippen LogP contribution in [0.3, 0.4) is 0 Å². The number of unbranched alkanes of at least 4 members (excludes halogenated alkanes) is 4. The molecule has 0 heterocycles. The quantitative estimate of drug-likeness (QED) is 0.549. The smallest absolute Gasteiger partial charge is 0.207 e. The predicted molar refractivity (Wildman–Crippen MR) is 75.0 cm³/mol. The second-order valence-electron chi connectivity index (χ2n) is 4.20. The van der Waals surface area contributed by atoms with Crippen LogP contribution in [0.2, 0.25) is 0 Å². The third-order valence-electron chi connectivity index (χ3n) is 2.61. The molecule has 0 aliphatic rings. The van der Waals surface area contributed by atoms with Crippen LogP contribution in [-0.2, 0) is 9.84 Å². The van der Waals surface area contributed by atoms with E-state index in [1.54, 1.807) is 36.4 Å². The zero-order valence-electron chi connectivity index (χ0n) is 10.8. The van der Waals surface area contributed by atoms with E-state index in [2.05, 4.69) is 12.7 Å². The zero-order chi connectivity index (χ0) is 13.3. The molecule has 0 aromatic heterocycles. The minimum absolute atomic E-state index is 0.317. The largest absolute Gasteiger partial charge is 0.218 e. The topological polar surface area (TPSA) is 34.1 Å². The van der Waals surface area contributed by atoms with Crippen LogP contribution in [0.4, 0.5) is 0 Å². The second kappa shape index (κ2) is 7.91. The lowest BCUT2D eigenvalue weighted by Crippen LogP contribution is -1.94. The lowest BCUT2D eigenvalue weighted by Gasteiger charge is -1.95. The van der Waals surface area contributed by atoms with Gasteiger partial charge in [0.2, 0.25) is 9.84 Å². The molecule has 0 saturated carbocycles. The Bertz CT molecular complexity index is 495. The van der Waals surface area contributed by atoms with Gasteiger partial charge in [0.15, 0.2) is 0 Å². The van der Waals surface area contributed by atoms with Crippen LogP contribution >= 0.6 is 0 Å². The van der Waals surface area contributed by atoms with Crippen molar-refractivity contribution in [1.82, 2.24) is 0 Å². The van der Waals surface area contributed by atoms with Gasteiger partial charge < -0.3 is 0 Å². The van der Waals surface area contributed by atoms with Crippen molar-refractivity contribution in [3.05, 3.63) is 47.5 Å². The molecule has 1 aromatic carbocycles. The molecule has 0 aliphatic heterocycles. The van der Waals surface area contributed by atoms with Crippen molar-refractivity contribution in [2.45, 2.75) is 43.9 Å². The minimum Gasteiger partial charge on any atom is -0.218 e. The summed E-state index contributed by atoms with van der Waals surface area (Å²) in [6.07, 6.45) is 7.43. The molecule has 0 saturated heterocycles. The molecule has 0 spiro atoms. The molecule has 2 nitrogen and oxygen atoms in total. The zero-order valence-corrected chi connectivity index (χ0v) is 11.6. The SMILES string of the molecule is CCCCCCC=C=CS(=O)(=O)c1ccccc1. The molecule has 3 heteroatoms. The van der Waals surface area contributed by atoms with Gasteiger partial charge in [0.1, 0.15) is 0 Å². The molecule has 0 radical (unpaired) electrons. The van der Waals surface area contributed by atoms with Crippen LogP contribution in [0.25, 0.3) is 0 Å². The number of benzene rings is 1. The van der Waals surface area contributed by atoms with E-state index < -0.39 is 9.84 Å². The molecule has 98 valence electrons. The van der Waals surface area contributed by atoms with Crippen molar-refractivity contribution in [2.75, 3.05) is 0 Å². The highest BCUT2D eigenvalue weighted by atomic mass is 32.2. The third-order valence-corrected chi connectivity index (χ3v) is 3.99. The molecule has 0 atom stereocenters. The van der Waals surface area contributed by atoms with E-state index >= 15 is 0 Å². The van der Waals surface area contributed by atoms with Crippen molar-refractivity contribution in [2.24, 2.45) is 0 Å². The summed E-state index contributed by atoms with van der Waals surface area (Å²) in [7, 11) is -3.33. The van der Waals surface area contributed by atoms with E-state index in [-0.39, 0.29) is 0 Å². The van der Waals surface area contributed by atoms with Crippen molar-refractivity contribution in [3.63, 3.8) is 0 Å². The first-order valence-corrected chi connectivity index (χ1v) is 7.92. The number of sulfone groups is 1. The van der Waals surface area contributed by atoms with Gasteiger partial charge in [-0.15, -0.1) is 5.73 Å². The van der Waals surface area contributed by atoms with Crippen molar-refractivity contribution in [1.29, 1.82) is 0 Å². The Morgan fingerprint density at radius 3 is 2.50 bits per heavy atom. The Hall–Kier alpha value is -1.31. The first-order valence-electron chi connectivity index (χ1n) is 6.38. The monoisotopic (exact) mass is 264 g/mol. The van der Waals surface area contributed by atoms with E-state index in [9.17, 15) is 8.42 Å². The number of rotatable bonds is 7. The lowest BCUT2D eigenvalue weighted by molar-refractivity contribution is 0.604. The fraction of sp³-hybridized carbons (Fsp3) is 0.400. The van der Waals surface area contributed by atoms with Gasteiger partial charge in [-0.05, 0) is 31.1 Å². The average molecular weight is 264 g/mol. The molecule has 0 N–H and O–H groups in total. The summed E-state index contributed by atoms with van der Waals surface area (Å²) in [5.41, 5.74) is 2.76. The maximum atomic E-state index is 11.8. The molecular formula is C15H20O2S. The van der Waals surface area contributed by atoms with E-state index in [1.807, 2.05) is 0 Å². The summed E-state index contributed by atoms with van der Waals surface area (Å²) in [5, 5.41) is 1.15. The highest BCUT2D eigenvalue weighted by Gasteiger charge is 2.07. The van der Waals surface area contributed by atoms with Crippen molar-refractivity contribution in [3.8, 4) is 0 Å². The summed E-state index contributed by atoms with van der Waals surface area (Å²) in [5.74, 6) is 0. The van der Waals surface area contributed by atoms with Gasteiger partial charge in [0.05, 0.1) is 10.3 Å². The maximum absolute atomic E-state index is 11.8. The summed E-state index contributed by atoms with van der Waals surface area (Å²) in [6, 6.07) is 8.42. The molecule has 0 fully saturated rings. The van der Waals surface area contributed by atoms with E-state index in [4.69, 9.17) is 0 Å². The Morgan fingerprint density at radius 2 is 1.83 bits per heavy atom. The highest BCUT2D eigenvalue weighted by Crippen LogP contribution is 2.10. The van der Waals surface area contributed by atoms with E-state index in [1.165, 1.54) is 19.3 Å². The Morgan fingerprint density at radius 1 is 1.11 bits per heavy atom. The summed E-state index contributed by atoms with van der Waals surface area (Å²) in [6.45, 7) is 2.17. The minimum atomic E-state index is -3.33. The fourth-order valence-electron chi connectivity index (χ4n) is 1.57. The fourth-order valence-corrected chi connectivity index (χ4v) is 2.52. The van der Waals surface area contributed by atoms with Gasteiger partial charge in [-0.2, -0.15) is 0 Å². The van der Waals surface area contributed by atoms with Crippen LogP contribution < -0.4 is 0 Å². The summed E-state index contributed by atoms with van der Waals surface area (Å²) < 4.78 is 23.7. The Kier molecular flexibility index (Phi) is 6.48. The molecule has 1 aromatic rings. The van der Waals surface area contributed by atoms with Gasteiger partial charge in [0.25, 0.3) is 0 Å². The summed E-state index contributed by atoms with van der Waals surface area (Å²) >= 11 is 0. The number of hydrogen-bond donors (Lipinski definition) is 0. The standard InChI is InChI=1S/C15H20O2S/c1-2-3-4-5-6-7-11-14-18(16,17)15-12-9-8-10-13-15/h7-10,12-14H,2-6H2,1H3. The first kappa shape index (κ1) is 14.7. The van der Waals surface area contributed by atoms with E-state index in [0.717, 1.165) is 18.2 Å². The van der Waals surface area contributed by atoms with Crippen LogP contribution in [0, 0.1) is 0 Å². The predicted octanol–water partition coefficient (Wildman–Crippen LogP) is 4.10. The number of hydrogen-bond acceptors (Lipinski definition) is 2. The van der Waals surface area contributed by atoms with Gasteiger partial charge in [-0.1, -0.05) is 44.4 Å². The van der Waals surface area contributed by atoms with Crippen LogP contribution in [0.15, 0.2) is 52.4 Å². The molecule has 0 aliphatic carbocycles. The van der Waals surface area contributed by atoms with Gasteiger partial charge >= 0.3 is 0 Å². The van der Waals surface area contributed by atoms with Crippen LogP contribution in [0.5, 0.6) is 0 Å². The van der Waals surface area contributed by atoms with Gasteiger partial charge in [0, 0.05) is 0 Å². The second-order valence-corrected chi connectivity index (χ2v) is 5.99. The van der Waals surface area contributed by atoms with Crippen molar-refractivity contribution >= 4 is 9.84 Å². The summed E-state index contributed by atoms with van der Waals surface area (Å²) in [4.78, 5) is 0.317. The van der Waals surface area contributed by atoms with E-state index in [0.29, 0.717) is 4.90 Å². The molecule has 1 rings (SSSR count). The number of allylic oxidation sites excluding steroid dienone is 1. The first-order chi connectivity index (χ1) is 8.67. The Labute approximate surface area is 110 Å². The van der Waals surface area contributed by atoms with Gasteiger partial charge in [-0.25, -0.2) is 8.42 Å². The Balaban J connectivity index is 2.53. The average Bonchev–Trinajstić information content (AvgIpc) is 2.39. The molecule has 0 unspecified atom stereocenters. The highest BCUT2D eigenvalue weighted by molar-refractivity contribution is 7.94. The molecule has 0 bridgehead atoms. The van der Waals surface area contributed by atoms with Crippen LogP contribution in [0.1, 0.15) is 39.0 Å². The molecule has 18 heavy (non-hydrogen) atoms. The third kappa shape index (κ3) is 5.35. The van der Waals surface area contributed by atoms with Crippen molar-refractivity contribution < 1.29 is 8.42 Å². The maximum Gasteiger partial charge on any atom is 0.207 e. The normalized spacial score (nSPS) is 10.7. The van der Waals surface area contributed by atoms with Crippen LogP contribution in [-0.4, -0.2) is 8.42 Å².